The van der Waals surface area contributed by atoms with Gasteiger partial charge in [-0.25, -0.2) is 8.42 Å². The molecule has 0 bridgehead atoms. The molecule has 0 aliphatic heterocycles. The third-order valence-corrected chi connectivity index (χ3v) is 10.1. The number of para-hydroxylation sites is 2. The molecule has 0 spiro atoms. The predicted octanol–water partition coefficient (Wildman–Crippen LogP) is 6.56. The highest BCUT2D eigenvalue weighted by molar-refractivity contribution is 9.10. The summed E-state index contributed by atoms with van der Waals surface area (Å²) in [5.74, 6) is -0.477. The predicted molar refractivity (Wildman–Crippen MR) is 173 cm³/mol. The summed E-state index contributed by atoms with van der Waals surface area (Å²) in [5.41, 5.74) is 1.02. The zero-order chi connectivity index (χ0) is 31.0. The quantitative estimate of drug-likeness (QED) is 0.232. The van der Waals surface area contributed by atoms with Gasteiger partial charge in [0, 0.05) is 22.1 Å². The van der Waals surface area contributed by atoms with Crippen molar-refractivity contribution in [3.63, 3.8) is 0 Å². The van der Waals surface area contributed by atoms with Crippen molar-refractivity contribution in [1.29, 1.82) is 0 Å². The van der Waals surface area contributed by atoms with Crippen LogP contribution in [0.15, 0.2) is 82.2 Å². The Hall–Kier alpha value is -3.08. The van der Waals surface area contributed by atoms with Gasteiger partial charge < -0.3 is 15.0 Å². The lowest BCUT2D eigenvalue weighted by Crippen LogP contribution is -2.53. The van der Waals surface area contributed by atoms with E-state index in [-0.39, 0.29) is 29.1 Å². The monoisotopic (exact) mass is 689 g/mol. The molecule has 4 rings (SSSR count). The van der Waals surface area contributed by atoms with Crippen LogP contribution in [-0.4, -0.2) is 50.4 Å². The van der Waals surface area contributed by atoms with E-state index >= 15 is 0 Å². The summed E-state index contributed by atoms with van der Waals surface area (Å²) in [5, 5.41) is 3.50. The SMILES string of the molecule is CCOc1ccccc1N(CC(=O)N(Cc1ccc(Br)cc1)[C@@H](C)C(=O)NC1CCCCC1)S(=O)(=O)c1ccc(Cl)cc1. The molecule has 1 fully saturated rings. The molecule has 3 aromatic rings. The Morgan fingerprint density at radius 3 is 2.30 bits per heavy atom. The van der Waals surface area contributed by atoms with Crippen molar-refractivity contribution >= 4 is 55.1 Å². The van der Waals surface area contributed by atoms with E-state index in [9.17, 15) is 18.0 Å². The van der Waals surface area contributed by atoms with Crippen molar-refractivity contribution in [2.24, 2.45) is 0 Å². The summed E-state index contributed by atoms with van der Waals surface area (Å²) < 4.78 is 35.9. The number of nitrogens with one attached hydrogen (secondary N) is 1. The van der Waals surface area contributed by atoms with Crippen molar-refractivity contribution in [2.75, 3.05) is 17.5 Å². The number of hydrogen-bond donors (Lipinski definition) is 1. The molecule has 8 nitrogen and oxygen atoms in total. The lowest BCUT2D eigenvalue weighted by Gasteiger charge is -2.33. The summed E-state index contributed by atoms with van der Waals surface area (Å²) in [6.45, 7) is 3.35. The fraction of sp³-hybridized carbons (Fsp3) is 0.375. The molecular weight excluding hydrogens is 654 g/mol. The molecule has 43 heavy (non-hydrogen) atoms. The number of ether oxygens (including phenoxy) is 1. The Balaban J connectivity index is 1.71. The highest BCUT2D eigenvalue weighted by Gasteiger charge is 2.34. The van der Waals surface area contributed by atoms with Gasteiger partial charge in [-0.15, -0.1) is 0 Å². The van der Waals surface area contributed by atoms with Crippen LogP contribution in [0.2, 0.25) is 5.02 Å². The minimum absolute atomic E-state index is 0.0291. The van der Waals surface area contributed by atoms with Crippen LogP contribution in [0.5, 0.6) is 5.75 Å². The summed E-state index contributed by atoms with van der Waals surface area (Å²) in [4.78, 5) is 29.1. The number of rotatable bonds is 12. The number of hydrogen-bond acceptors (Lipinski definition) is 5. The van der Waals surface area contributed by atoms with E-state index in [4.69, 9.17) is 16.3 Å². The lowest BCUT2D eigenvalue weighted by atomic mass is 9.95. The second-order valence-electron chi connectivity index (χ2n) is 10.5. The van der Waals surface area contributed by atoms with Gasteiger partial charge in [-0.2, -0.15) is 0 Å². The van der Waals surface area contributed by atoms with E-state index in [1.54, 1.807) is 38.1 Å². The Morgan fingerprint density at radius 1 is 1.00 bits per heavy atom. The van der Waals surface area contributed by atoms with Gasteiger partial charge in [0.15, 0.2) is 0 Å². The average Bonchev–Trinajstić information content (AvgIpc) is 3.00. The Kier molecular flexibility index (Phi) is 11.5. The first kappa shape index (κ1) is 32.8. The highest BCUT2D eigenvalue weighted by Crippen LogP contribution is 2.33. The summed E-state index contributed by atoms with van der Waals surface area (Å²) >= 11 is 9.48. The number of carbonyl (C=O) groups is 2. The number of nitrogens with zero attached hydrogens (tertiary/aromatic N) is 2. The molecule has 3 aromatic carbocycles. The number of carbonyl (C=O) groups excluding carboxylic acids is 2. The molecule has 2 amide bonds. The maximum atomic E-state index is 14.2. The summed E-state index contributed by atoms with van der Waals surface area (Å²) in [6.07, 6.45) is 5.06. The van der Waals surface area contributed by atoms with Crippen molar-refractivity contribution in [3.05, 3.63) is 87.9 Å². The molecule has 0 saturated heterocycles. The minimum Gasteiger partial charge on any atom is -0.492 e. The van der Waals surface area contributed by atoms with Gasteiger partial charge in [-0.3, -0.25) is 13.9 Å². The summed E-state index contributed by atoms with van der Waals surface area (Å²) in [7, 11) is -4.25. The second kappa shape index (κ2) is 15.1. The van der Waals surface area contributed by atoms with Crippen LogP contribution < -0.4 is 14.4 Å². The zero-order valence-corrected chi connectivity index (χ0v) is 27.5. The van der Waals surface area contributed by atoms with Crippen LogP contribution in [0.3, 0.4) is 0 Å². The molecule has 0 unspecified atom stereocenters. The Morgan fingerprint density at radius 2 is 1.65 bits per heavy atom. The van der Waals surface area contributed by atoms with E-state index in [2.05, 4.69) is 21.2 Å². The topological polar surface area (TPSA) is 96.0 Å². The minimum atomic E-state index is -4.25. The third-order valence-electron chi connectivity index (χ3n) is 7.50. The number of anilines is 1. The first-order chi connectivity index (χ1) is 20.6. The number of halogens is 2. The normalized spacial score (nSPS) is 14.5. The van der Waals surface area contributed by atoms with E-state index < -0.39 is 28.5 Å². The maximum Gasteiger partial charge on any atom is 0.264 e. The van der Waals surface area contributed by atoms with Crippen LogP contribution in [0.4, 0.5) is 5.69 Å². The van der Waals surface area contributed by atoms with Gasteiger partial charge in [-0.05, 0) is 80.8 Å². The highest BCUT2D eigenvalue weighted by atomic mass is 79.9. The number of benzene rings is 3. The van der Waals surface area contributed by atoms with E-state index in [1.807, 2.05) is 24.3 Å². The molecule has 1 aliphatic carbocycles. The first-order valence-corrected chi connectivity index (χ1v) is 17.1. The smallest absolute Gasteiger partial charge is 0.264 e. The lowest BCUT2D eigenvalue weighted by molar-refractivity contribution is -0.139. The molecule has 0 aromatic heterocycles. The van der Waals surface area contributed by atoms with Crippen LogP contribution >= 0.6 is 27.5 Å². The van der Waals surface area contributed by atoms with E-state index in [1.165, 1.54) is 29.2 Å². The maximum absolute atomic E-state index is 14.2. The molecule has 1 aliphatic rings. The largest absolute Gasteiger partial charge is 0.492 e. The van der Waals surface area contributed by atoms with Crippen LogP contribution in [0.1, 0.15) is 51.5 Å². The van der Waals surface area contributed by atoms with Crippen LogP contribution in [-0.2, 0) is 26.2 Å². The number of amides is 2. The third kappa shape index (κ3) is 8.52. The van der Waals surface area contributed by atoms with Gasteiger partial charge in [-0.1, -0.05) is 71.1 Å². The van der Waals surface area contributed by atoms with Crippen molar-refractivity contribution in [3.8, 4) is 5.75 Å². The molecule has 1 saturated carbocycles. The average molecular weight is 691 g/mol. The fourth-order valence-corrected chi connectivity index (χ4v) is 6.94. The van der Waals surface area contributed by atoms with Gasteiger partial charge >= 0.3 is 0 Å². The standard InChI is InChI=1S/C32H37BrClN3O5S/c1-3-42-30-12-8-7-11-29(30)37(43(40,41)28-19-17-26(34)18-20-28)22-31(38)36(21-24-13-15-25(33)16-14-24)23(2)32(39)35-27-9-5-4-6-10-27/h7-8,11-20,23,27H,3-6,9-10,21-22H2,1-2H3,(H,35,39)/t23-/m0/s1. The molecule has 0 radical (unpaired) electrons. The molecule has 1 N–H and O–H groups in total. The Labute approximate surface area is 267 Å². The van der Waals surface area contributed by atoms with E-state index in [0.29, 0.717) is 17.4 Å². The van der Waals surface area contributed by atoms with Gasteiger partial charge in [0.05, 0.1) is 17.2 Å². The fourth-order valence-electron chi connectivity index (χ4n) is 5.13. The number of sulfonamides is 1. The molecule has 11 heteroatoms. The van der Waals surface area contributed by atoms with Gasteiger partial charge in [0.25, 0.3) is 10.0 Å². The molecule has 0 heterocycles. The second-order valence-corrected chi connectivity index (χ2v) is 13.7. The Bertz CT molecular complexity index is 1500. The van der Waals surface area contributed by atoms with Crippen molar-refractivity contribution in [2.45, 2.75) is 69.5 Å². The molecule has 230 valence electrons. The van der Waals surface area contributed by atoms with Gasteiger partial charge in [0.1, 0.15) is 18.3 Å². The van der Waals surface area contributed by atoms with E-state index in [0.717, 1.165) is 46.4 Å². The van der Waals surface area contributed by atoms with Crippen LogP contribution in [0.25, 0.3) is 0 Å². The first-order valence-electron chi connectivity index (χ1n) is 14.4. The zero-order valence-electron chi connectivity index (χ0n) is 24.3. The van der Waals surface area contributed by atoms with Crippen LogP contribution in [0, 0.1) is 0 Å². The summed E-state index contributed by atoms with van der Waals surface area (Å²) in [6, 6.07) is 19.1. The molecular formula is C32H37BrClN3O5S. The van der Waals surface area contributed by atoms with Crippen molar-refractivity contribution < 1.29 is 22.7 Å². The van der Waals surface area contributed by atoms with Gasteiger partial charge in [0.2, 0.25) is 11.8 Å². The molecule has 1 atom stereocenters. The van der Waals surface area contributed by atoms with Crippen molar-refractivity contribution in [1.82, 2.24) is 10.2 Å².